The molecule has 1 aromatic heterocycles. The number of hydrogen-bond donors (Lipinski definition) is 1. The smallest absolute Gasteiger partial charge is 0.227 e. The number of aromatic nitrogens is 1. The summed E-state index contributed by atoms with van der Waals surface area (Å²) in [5.41, 5.74) is 0.848. The number of amides is 1. The highest BCUT2D eigenvalue weighted by molar-refractivity contribution is 5.79. The van der Waals surface area contributed by atoms with E-state index in [9.17, 15) is 9.90 Å². The van der Waals surface area contributed by atoms with Crippen LogP contribution in [0.5, 0.6) is 5.75 Å². The van der Waals surface area contributed by atoms with Gasteiger partial charge in [-0.3, -0.25) is 4.79 Å². The molecule has 0 bridgehead atoms. The molecule has 3 rings (SSSR count). The molecule has 0 atom stereocenters. The van der Waals surface area contributed by atoms with Crippen molar-refractivity contribution in [3.63, 3.8) is 0 Å². The Morgan fingerprint density at radius 2 is 2.00 bits per heavy atom. The highest BCUT2D eigenvalue weighted by atomic mass is 16.3. The van der Waals surface area contributed by atoms with Gasteiger partial charge in [-0.25, -0.2) is 4.98 Å². The predicted molar refractivity (Wildman–Crippen MR) is 89.5 cm³/mol. The zero-order chi connectivity index (χ0) is 16.1. The van der Waals surface area contributed by atoms with Gasteiger partial charge < -0.3 is 14.9 Å². The molecule has 5 heteroatoms. The van der Waals surface area contributed by atoms with Gasteiger partial charge in [0.25, 0.3) is 0 Å². The number of benzene rings is 1. The summed E-state index contributed by atoms with van der Waals surface area (Å²) in [6.07, 6.45) is 3.06. The predicted octanol–water partition coefficient (Wildman–Crippen LogP) is 2.07. The van der Waals surface area contributed by atoms with Gasteiger partial charge in [0.2, 0.25) is 5.91 Å². The van der Waals surface area contributed by atoms with Crippen molar-refractivity contribution in [2.24, 2.45) is 0 Å². The SMILES string of the molecule is O=C(Cc1cccc(O)c1)N1CCCN(c2ccccn2)CC1. The molecular formula is C18H21N3O2. The van der Waals surface area contributed by atoms with Crippen LogP contribution in [-0.2, 0) is 11.2 Å². The number of hydrogen-bond acceptors (Lipinski definition) is 4. The maximum absolute atomic E-state index is 12.5. The minimum atomic E-state index is 0.110. The van der Waals surface area contributed by atoms with Crippen LogP contribution in [0.4, 0.5) is 5.82 Å². The van der Waals surface area contributed by atoms with E-state index in [1.54, 1.807) is 24.4 Å². The molecule has 1 aromatic carbocycles. The Labute approximate surface area is 136 Å². The zero-order valence-corrected chi connectivity index (χ0v) is 13.1. The third-order valence-electron chi connectivity index (χ3n) is 4.09. The van der Waals surface area contributed by atoms with E-state index in [4.69, 9.17) is 0 Å². The molecule has 1 saturated heterocycles. The maximum atomic E-state index is 12.5. The third-order valence-corrected chi connectivity index (χ3v) is 4.09. The van der Waals surface area contributed by atoms with Crippen molar-refractivity contribution >= 4 is 11.7 Å². The lowest BCUT2D eigenvalue weighted by Crippen LogP contribution is -2.36. The molecule has 120 valence electrons. The van der Waals surface area contributed by atoms with Crippen molar-refractivity contribution in [2.75, 3.05) is 31.1 Å². The highest BCUT2D eigenvalue weighted by Gasteiger charge is 2.19. The van der Waals surface area contributed by atoms with E-state index in [1.165, 1.54) is 0 Å². The number of phenolic OH excluding ortho intramolecular Hbond substituents is 1. The molecule has 1 aliphatic rings. The van der Waals surface area contributed by atoms with Gasteiger partial charge in [0.15, 0.2) is 0 Å². The van der Waals surface area contributed by atoms with Gasteiger partial charge in [-0.1, -0.05) is 18.2 Å². The van der Waals surface area contributed by atoms with Gasteiger partial charge in [0, 0.05) is 32.4 Å². The fourth-order valence-corrected chi connectivity index (χ4v) is 2.89. The molecule has 0 radical (unpaired) electrons. The first-order chi connectivity index (χ1) is 11.2. The van der Waals surface area contributed by atoms with E-state index in [0.29, 0.717) is 13.0 Å². The summed E-state index contributed by atoms with van der Waals surface area (Å²) in [6, 6.07) is 12.8. The number of nitrogens with zero attached hydrogens (tertiary/aromatic N) is 3. The van der Waals surface area contributed by atoms with Gasteiger partial charge in [0.1, 0.15) is 11.6 Å². The van der Waals surface area contributed by atoms with Crippen molar-refractivity contribution in [2.45, 2.75) is 12.8 Å². The molecule has 2 heterocycles. The van der Waals surface area contributed by atoms with Crippen molar-refractivity contribution in [3.8, 4) is 5.75 Å². The van der Waals surface area contributed by atoms with E-state index in [-0.39, 0.29) is 11.7 Å². The summed E-state index contributed by atoms with van der Waals surface area (Å²) in [4.78, 5) is 21.0. The monoisotopic (exact) mass is 311 g/mol. The molecule has 0 saturated carbocycles. The van der Waals surface area contributed by atoms with Gasteiger partial charge >= 0.3 is 0 Å². The summed E-state index contributed by atoms with van der Waals surface area (Å²) in [6.45, 7) is 3.17. The Morgan fingerprint density at radius 1 is 1.09 bits per heavy atom. The minimum absolute atomic E-state index is 0.110. The summed E-state index contributed by atoms with van der Waals surface area (Å²) in [5.74, 6) is 1.28. The highest BCUT2D eigenvalue weighted by Crippen LogP contribution is 2.15. The number of phenols is 1. The van der Waals surface area contributed by atoms with Crippen LogP contribution in [0.25, 0.3) is 0 Å². The van der Waals surface area contributed by atoms with Gasteiger partial charge in [-0.15, -0.1) is 0 Å². The first-order valence-electron chi connectivity index (χ1n) is 7.94. The number of anilines is 1. The van der Waals surface area contributed by atoms with Crippen LogP contribution in [0, 0.1) is 0 Å². The quantitative estimate of drug-likeness (QED) is 0.943. The van der Waals surface area contributed by atoms with E-state index < -0.39 is 0 Å². The van der Waals surface area contributed by atoms with E-state index >= 15 is 0 Å². The van der Waals surface area contributed by atoms with Crippen LogP contribution < -0.4 is 4.90 Å². The molecule has 0 aliphatic carbocycles. The number of aromatic hydroxyl groups is 1. The van der Waals surface area contributed by atoms with Crippen LogP contribution in [-0.4, -0.2) is 47.1 Å². The largest absolute Gasteiger partial charge is 0.508 e. The topological polar surface area (TPSA) is 56.7 Å². The lowest BCUT2D eigenvalue weighted by molar-refractivity contribution is -0.130. The molecular weight excluding hydrogens is 290 g/mol. The minimum Gasteiger partial charge on any atom is -0.508 e. The molecule has 1 N–H and O–H groups in total. The number of rotatable bonds is 3. The summed E-state index contributed by atoms with van der Waals surface area (Å²) in [5, 5.41) is 9.50. The zero-order valence-electron chi connectivity index (χ0n) is 13.1. The van der Waals surface area contributed by atoms with Gasteiger partial charge in [-0.05, 0) is 36.2 Å². The maximum Gasteiger partial charge on any atom is 0.227 e. The standard InChI is InChI=1S/C18H21N3O2/c22-16-6-3-5-15(13-16)14-18(23)21-10-4-9-20(11-12-21)17-7-1-2-8-19-17/h1-3,5-8,13,22H,4,9-12,14H2. The van der Waals surface area contributed by atoms with Crippen LogP contribution in [0.1, 0.15) is 12.0 Å². The number of pyridine rings is 1. The Kier molecular flexibility index (Phi) is 4.76. The van der Waals surface area contributed by atoms with Crippen LogP contribution in [0.2, 0.25) is 0 Å². The first-order valence-corrected chi connectivity index (χ1v) is 7.94. The summed E-state index contributed by atoms with van der Waals surface area (Å²) >= 11 is 0. The molecule has 23 heavy (non-hydrogen) atoms. The third kappa shape index (κ3) is 4.00. The molecule has 2 aromatic rings. The van der Waals surface area contributed by atoms with E-state index in [2.05, 4.69) is 9.88 Å². The second-order valence-electron chi connectivity index (χ2n) is 5.76. The summed E-state index contributed by atoms with van der Waals surface area (Å²) in [7, 11) is 0. The molecule has 1 aliphatic heterocycles. The van der Waals surface area contributed by atoms with Crippen molar-refractivity contribution in [1.29, 1.82) is 0 Å². The lowest BCUT2D eigenvalue weighted by Gasteiger charge is -2.22. The first kappa shape index (κ1) is 15.3. The summed E-state index contributed by atoms with van der Waals surface area (Å²) < 4.78 is 0. The fraction of sp³-hybridized carbons (Fsp3) is 0.333. The molecule has 0 spiro atoms. The van der Waals surface area contributed by atoms with E-state index in [0.717, 1.165) is 37.4 Å². The molecule has 1 amide bonds. The average molecular weight is 311 g/mol. The van der Waals surface area contributed by atoms with Crippen molar-refractivity contribution in [1.82, 2.24) is 9.88 Å². The fourth-order valence-electron chi connectivity index (χ4n) is 2.89. The Morgan fingerprint density at radius 3 is 2.78 bits per heavy atom. The second-order valence-corrected chi connectivity index (χ2v) is 5.76. The van der Waals surface area contributed by atoms with Crippen LogP contribution in [0.3, 0.4) is 0 Å². The Balaban J connectivity index is 1.60. The Bertz CT molecular complexity index is 660. The van der Waals surface area contributed by atoms with E-state index in [1.807, 2.05) is 29.2 Å². The molecule has 0 unspecified atom stereocenters. The normalized spacial score (nSPS) is 15.3. The number of carbonyl (C=O) groups excluding carboxylic acids is 1. The van der Waals surface area contributed by atoms with Gasteiger partial charge in [-0.2, -0.15) is 0 Å². The molecule has 1 fully saturated rings. The van der Waals surface area contributed by atoms with Crippen molar-refractivity contribution in [3.05, 3.63) is 54.2 Å². The number of carbonyl (C=O) groups is 1. The van der Waals surface area contributed by atoms with Gasteiger partial charge in [0.05, 0.1) is 6.42 Å². The second kappa shape index (κ2) is 7.13. The van der Waals surface area contributed by atoms with Crippen LogP contribution in [0.15, 0.2) is 48.7 Å². The van der Waals surface area contributed by atoms with Crippen molar-refractivity contribution < 1.29 is 9.90 Å². The van der Waals surface area contributed by atoms with Crippen LogP contribution >= 0.6 is 0 Å². The average Bonchev–Trinajstić information content (AvgIpc) is 2.82. The Hall–Kier alpha value is -2.56. The lowest BCUT2D eigenvalue weighted by atomic mass is 10.1. The molecule has 5 nitrogen and oxygen atoms in total.